The second-order valence-electron chi connectivity index (χ2n) is 4.60. The van der Waals surface area contributed by atoms with Crippen LogP contribution in [-0.4, -0.2) is 6.54 Å². The second-order valence-corrected chi connectivity index (χ2v) is 5.82. The van der Waals surface area contributed by atoms with Crippen LogP contribution in [0.5, 0.6) is 0 Å². The molecular weight excluding hydrogens is 262 g/mol. The van der Waals surface area contributed by atoms with Gasteiger partial charge in [-0.25, -0.2) is 0 Å². The number of halogens is 1. The summed E-state index contributed by atoms with van der Waals surface area (Å²) in [5.41, 5.74) is 8.61. The number of thiophene rings is 1. The molecule has 3 heteroatoms. The van der Waals surface area contributed by atoms with Gasteiger partial charge in [-0.15, -0.1) is 0 Å². The van der Waals surface area contributed by atoms with Gasteiger partial charge in [-0.2, -0.15) is 11.3 Å². The van der Waals surface area contributed by atoms with Crippen molar-refractivity contribution in [2.24, 2.45) is 11.7 Å². The third kappa shape index (κ3) is 4.13. The molecule has 0 saturated carbocycles. The summed E-state index contributed by atoms with van der Waals surface area (Å²) in [4.78, 5) is 0. The summed E-state index contributed by atoms with van der Waals surface area (Å²) in [5, 5.41) is 5.14. The molecule has 0 bridgehead atoms. The molecule has 96 valence electrons. The van der Waals surface area contributed by atoms with E-state index < -0.39 is 0 Å². The van der Waals surface area contributed by atoms with E-state index in [0.29, 0.717) is 5.92 Å². The van der Waals surface area contributed by atoms with E-state index in [4.69, 9.17) is 17.3 Å². The van der Waals surface area contributed by atoms with Gasteiger partial charge < -0.3 is 5.73 Å². The molecule has 2 rings (SSSR count). The molecule has 1 nitrogen and oxygen atoms in total. The highest BCUT2D eigenvalue weighted by Gasteiger charge is 2.08. The minimum Gasteiger partial charge on any atom is -0.330 e. The zero-order valence-corrected chi connectivity index (χ0v) is 11.9. The average molecular weight is 280 g/mol. The van der Waals surface area contributed by atoms with Gasteiger partial charge in [-0.3, -0.25) is 0 Å². The van der Waals surface area contributed by atoms with Crippen LogP contribution in [0.1, 0.15) is 17.5 Å². The smallest absolute Gasteiger partial charge is 0.0406 e. The third-order valence-electron chi connectivity index (χ3n) is 3.19. The molecule has 2 N–H and O–H groups in total. The fourth-order valence-electron chi connectivity index (χ4n) is 2.06. The van der Waals surface area contributed by atoms with E-state index in [2.05, 4.69) is 29.0 Å². The fraction of sp³-hybridized carbons (Fsp3) is 0.333. The first-order valence-electron chi connectivity index (χ1n) is 6.23. The highest BCUT2D eigenvalue weighted by molar-refractivity contribution is 7.07. The Morgan fingerprint density at radius 3 is 2.50 bits per heavy atom. The Labute approximate surface area is 118 Å². The van der Waals surface area contributed by atoms with Gasteiger partial charge in [0, 0.05) is 5.02 Å². The number of hydrogen-bond donors (Lipinski definition) is 1. The van der Waals surface area contributed by atoms with Crippen LogP contribution in [0.25, 0.3) is 0 Å². The molecule has 0 spiro atoms. The summed E-state index contributed by atoms with van der Waals surface area (Å²) in [6.07, 6.45) is 3.31. The molecule has 1 aromatic carbocycles. The molecule has 1 heterocycles. The SMILES string of the molecule is NCC(CCc1ccsc1)Cc1ccc(Cl)cc1. The Hall–Kier alpha value is -0.830. The van der Waals surface area contributed by atoms with Crippen LogP contribution in [-0.2, 0) is 12.8 Å². The molecule has 0 fully saturated rings. The molecule has 2 aromatic rings. The van der Waals surface area contributed by atoms with Gasteiger partial charge in [0.1, 0.15) is 0 Å². The monoisotopic (exact) mass is 279 g/mol. The van der Waals surface area contributed by atoms with Gasteiger partial charge in [0.2, 0.25) is 0 Å². The van der Waals surface area contributed by atoms with E-state index in [0.717, 1.165) is 30.8 Å². The zero-order valence-electron chi connectivity index (χ0n) is 10.3. The number of benzene rings is 1. The van der Waals surface area contributed by atoms with Crippen molar-refractivity contribution < 1.29 is 0 Å². The van der Waals surface area contributed by atoms with Crippen LogP contribution < -0.4 is 5.73 Å². The van der Waals surface area contributed by atoms with Crippen LogP contribution in [0.3, 0.4) is 0 Å². The van der Waals surface area contributed by atoms with Gasteiger partial charge in [-0.05, 0) is 71.8 Å². The van der Waals surface area contributed by atoms with Crippen molar-refractivity contribution in [3.05, 3.63) is 57.2 Å². The van der Waals surface area contributed by atoms with Crippen molar-refractivity contribution in [2.75, 3.05) is 6.54 Å². The Bertz CT molecular complexity index is 450. The molecule has 1 atom stereocenters. The van der Waals surface area contributed by atoms with Gasteiger partial charge in [0.15, 0.2) is 0 Å². The summed E-state index contributed by atoms with van der Waals surface area (Å²) in [5.74, 6) is 0.547. The minimum atomic E-state index is 0.547. The quantitative estimate of drug-likeness (QED) is 0.844. The normalized spacial score (nSPS) is 12.6. The number of nitrogens with two attached hydrogens (primary N) is 1. The van der Waals surface area contributed by atoms with E-state index in [-0.39, 0.29) is 0 Å². The largest absolute Gasteiger partial charge is 0.330 e. The predicted octanol–water partition coefficient (Wildman–Crippen LogP) is 4.15. The van der Waals surface area contributed by atoms with E-state index in [1.54, 1.807) is 11.3 Å². The summed E-state index contributed by atoms with van der Waals surface area (Å²) < 4.78 is 0. The third-order valence-corrected chi connectivity index (χ3v) is 4.18. The van der Waals surface area contributed by atoms with Crippen LogP contribution >= 0.6 is 22.9 Å². The van der Waals surface area contributed by atoms with E-state index >= 15 is 0 Å². The van der Waals surface area contributed by atoms with Crippen LogP contribution in [0.4, 0.5) is 0 Å². The van der Waals surface area contributed by atoms with E-state index in [1.165, 1.54) is 11.1 Å². The fourth-order valence-corrected chi connectivity index (χ4v) is 2.89. The molecule has 18 heavy (non-hydrogen) atoms. The Morgan fingerprint density at radius 2 is 1.89 bits per heavy atom. The van der Waals surface area contributed by atoms with Crippen molar-refractivity contribution >= 4 is 22.9 Å². The molecule has 0 aliphatic carbocycles. The maximum absolute atomic E-state index is 5.89. The second kappa shape index (κ2) is 6.93. The standard InChI is InChI=1S/C15H18ClNS/c16-15-5-3-12(4-6-15)9-14(10-17)2-1-13-7-8-18-11-13/h3-8,11,14H,1-2,9-10,17H2. The lowest BCUT2D eigenvalue weighted by molar-refractivity contribution is 0.494. The highest BCUT2D eigenvalue weighted by atomic mass is 35.5. The van der Waals surface area contributed by atoms with E-state index in [1.807, 2.05) is 12.1 Å². The Balaban J connectivity index is 1.87. The Kier molecular flexibility index (Phi) is 5.24. The first-order chi connectivity index (χ1) is 8.78. The average Bonchev–Trinajstić information content (AvgIpc) is 2.90. The van der Waals surface area contributed by atoms with Crippen molar-refractivity contribution in [1.82, 2.24) is 0 Å². The molecule has 0 amide bonds. The number of aryl methyl sites for hydroxylation is 1. The van der Waals surface area contributed by atoms with E-state index in [9.17, 15) is 0 Å². The van der Waals surface area contributed by atoms with Crippen LogP contribution in [0.2, 0.25) is 5.02 Å². The zero-order chi connectivity index (χ0) is 12.8. The molecule has 0 radical (unpaired) electrons. The van der Waals surface area contributed by atoms with Gasteiger partial charge in [0.05, 0.1) is 0 Å². The van der Waals surface area contributed by atoms with Crippen molar-refractivity contribution in [2.45, 2.75) is 19.3 Å². The van der Waals surface area contributed by atoms with Crippen LogP contribution in [0.15, 0.2) is 41.1 Å². The van der Waals surface area contributed by atoms with Crippen LogP contribution in [0, 0.1) is 5.92 Å². The maximum Gasteiger partial charge on any atom is 0.0406 e. The van der Waals surface area contributed by atoms with Gasteiger partial charge in [-0.1, -0.05) is 23.7 Å². The number of hydrogen-bond acceptors (Lipinski definition) is 2. The molecule has 0 saturated heterocycles. The first-order valence-corrected chi connectivity index (χ1v) is 7.55. The van der Waals surface area contributed by atoms with Gasteiger partial charge in [0.25, 0.3) is 0 Å². The summed E-state index contributed by atoms with van der Waals surface area (Å²) in [7, 11) is 0. The van der Waals surface area contributed by atoms with Crippen molar-refractivity contribution in [1.29, 1.82) is 0 Å². The topological polar surface area (TPSA) is 26.0 Å². The molecular formula is C15H18ClNS. The Morgan fingerprint density at radius 1 is 1.11 bits per heavy atom. The molecule has 1 unspecified atom stereocenters. The minimum absolute atomic E-state index is 0.547. The highest BCUT2D eigenvalue weighted by Crippen LogP contribution is 2.17. The summed E-state index contributed by atoms with van der Waals surface area (Å²) in [6, 6.07) is 10.3. The van der Waals surface area contributed by atoms with Crippen molar-refractivity contribution in [3.8, 4) is 0 Å². The summed E-state index contributed by atoms with van der Waals surface area (Å²) >= 11 is 7.65. The first kappa shape index (κ1) is 13.6. The maximum atomic E-state index is 5.89. The lowest BCUT2D eigenvalue weighted by Gasteiger charge is -2.14. The molecule has 0 aliphatic heterocycles. The lowest BCUT2D eigenvalue weighted by atomic mass is 9.93. The predicted molar refractivity (Wildman–Crippen MR) is 80.3 cm³/mol. The lowest BCUT2D eigenvalue weighted by Crippen LogP contribution is -2.17. The summed E-state index contributed by atoms with van der Waals surface area (Å²) in [6.45, 7) is 0.743. The van der Waals surface area contributed by atoms with Crippen molar-refractivity contribution in [3.63, 3.8) is 0 Å². The van der Waals surface area contributed by atoms with Gasteiger partial charge >= 0.3 is 0 Å². The number of rotatable bonds is 6. The molecule has 0 aliphatic rings. The molecule has 1 aromatic heterocycles.